The number of nitrogens with one attached hydrogen (secondary N) is 1. The third-order valence-electron chi connectivity index (χ3n) is 2.65. The number of H-pyrrole nitrogens is 1. The lowest BCUT2D eigenvalue weighted by Crippen LogP contribution is -1.96. The number of thiophene rings is 1. The lowest BCUT2D eigenvalue weighted by molar-refractivity contribution is 0.104. The number of para-hydroxylation sites is 1. The zero-order valence-electron chi connectivity index (χ0n) is 8.74. The standard InChI is InChI=1S/C13H8ClNOS/c14-10-4-1-3-8-9(7-15-12(8)10)13(16)11-5-2-6-17-11/h1-7,15H. The summed E-state index contributed by atoms with van der Waals surface area (Å²) >= 11 is 7.51. The second kappa shape index (κ2) is 4.02. The number of benzene rings is 1. The van der Waals surface area contributed by atoms with Gasteiger partial charge in [-0.3, -0.25) is 4.79 Å². The number of aromatic nitrogens is 1. The van der Waals surface area contributed by atoms with E-state index in [1.54, 1.807) is 12.3 Å². The molecule has 0 spiro atoms. The van der Waals surface area contributed by atoms with Crippen molar-refractivity contribution in [3.63, 3.8) is 0 Å². The summed E-state index contributed by atoms with van der Waals surface area (Å²) in [7, 11) is 0. The molecule has 0 amide bonds. The summed E-state index contributed by atoms with van der Waals surface area (Å²) in [6.45, 7) is 0. The van der Waals surface area contributed by atoms with Gasteiger partial charge in [-0.05, 0) is 17.5 Å². The zero-order valence-corrected chi connectivity index (χ0v) is 10.3. The predicted molar refractivity (Wildman–Crippen MR) is 71.1 cm³/mol. The maximum atomic E-state index is 12.2. The molecule has 0 unspecified atom stereocenters. The molecule has 0 aliphatic rings. The molecule has 2 aromatic heterocycles. The van der Waals surface area contributed by atoms with Gasteiger partial charge in [0.05, 0.1) is 15.4 Å². The molecular formula is C13H8ClNOS. The molecule has 0 fully saturated rings. The first-order valence-corrected chi connectivity index (χ1v) is 6.37. The lowest BCUT2D eigenvalue weighted by Gasteiger charge is -1.96. The Hall–Kier alpha value is -1.58. The molecule has 1 N–H and O–H groups in total. The second-order valence-corrected chi connectivity index (χ2v) is 5.03. The van der Waals surface area contributed by atoms with Crippen molar-refractivity contribution in [3.05, 3.63) is 57.4 Å². The Labute approximate surface area is 107 Å². The summed E-state index contributed by atoms with van der Waals surface area (Å²) in [4.78, 5) is 16.0. The van der Waals surface area contributed by atoms with Crippen LogP contribution in [0.1, 0.15) is 15.2 Å². The molecule has 0 aliphatic heterocycles. The van der Waals surface area contributed by atoms with Crippen molar-refractivity contribution >= 4 is 39.6 Å². The van der Waals surface area contributed by atoms with Crippen LogP contribution in [-0.2, 0) is 0 Å². The summed E-state index contributed by atoms with van der Waals surface area (Å²) in [6, 6.07) is 9.26. The normalized spacial score (nSPS) is 10.9. The Morgan fingerprint density at radius 3 is 2.88 bits per heavy atom. The number of fused-ring (bicyclic) bond motifs is 1. The maximum absolute atomic E-state index is 12.2. The van der Waals surface area contributed by atoms with E-state index in [1.807, 2.05) is 29.6 Å². The lowest BCUT2D eigenvalue weighted by atomic mass is 10.1. The molecule has 0 radical (unpaired) electrons. The summed E-state index contributed by atoms with van der Waals surface area (Å²) in [6.07, 6.45) is 1.72. The Morgan fingerprint density at radius 2 is 2.12 bits per heavy atom. The molecule has 0 bridgehead atoms. The van der Waals surface area contributed by atoms with Gasteiger partial charge in [-0.1, -0.05) is 29.8 Å². The summed E-state index contributed by atoms with van der Waals surface area (Å²) in [5.41, 5.74) is 1.49. The highest BCUT2D eigenvalue weighted by Crippen LogP contribution is 2.27. The first-order valence-electron chi connectivity index (χ1n) is 5.11. The highest BCUT2D eigenvalue weighted by molar-refractivity contribution is 7.12. The van der Waals surface area contributed by atoms with Crippen LogP contribution in [0.5, 0.6) is 0 Å². The molecule has 2 heterocycles. The molecule has 2 nitrogen and oxygen atoms in total. The summed E-state index contributed by atoms with van der Waals surface area (Å²) < 4.78 is 0. The van der Waals surface area contributed by atoms with E-state index in [0.29, 0.717) is 10.6 Å². The average Bonchev–Trinajstić information content (AvgIpc) is 2.98. The topological polar surface area (TPSA) is 32.9 Å². The van der Waals surface area contributed by atoms with Crippen LogP contribution in [0.4, 0.5) is 0 Å². The van der Waals surface area contributed by atoms with Gasteiger partial charge in [0.15, 0.2) is 0 Å². The van der Waals surface area contributed by atoms with Crippen LogP contribution in [0.2, 0.25) is 5.02 Å². The van der Waals surface area contributed by atoms with Crippen molar-refractivity contribution < 1.29 is 4.79 Å². The molecule has 0 saturated carbocycles. The predicted octanol–water partition coefficient (Wildman–Crippen LogP) is 4.11. The Kier molecular flexibility index (Phi) is 2.50. The minimum atomic E-state index is 0.0357. The number of aromatic amines is 1. The average molecular weight is 262 g/mol. The van der Waals surface area contributed by atoms with Crippen LogP contribution in [0.25, 0.3) is 10.9 Å². The third kappa shape index (κ3) is 1.68. The fourth-order valence-electron chi connectivity index (χ4n) is 1.85. The number of hydrogen-bond acceptors (Lipinski definition) is 2. The fourth-order valence-corrected chi connectivity index (χ4v) is 2.75. The molecule has 4 heteroatoms. The second-order valence-electron chi connectivity index (χ2n) is 3.67. The van der Waals surface area contributed by atoms with Crippen LogP contribution < -0.4 is 0 Å². The third-order valence-corrected chi connectivity index (χ3v) is 3.84. The van der Waals surface area contributed by atoms with Crippen molar-refractivity contribution in [1.82, 2.24) is 4.98 Å². The minimum Gasteiger partial charge on any atom is -0.359 e. The highest BCUT2D eigenvalue weighted by Gasteiger charge is 2.15. The largest absolute Gasteiger partial charge is 0.359 e. The molecule has 84 valence electrons. The molecule has 0 atom stereocenters. The zero-order chi connectivity index (χ0) is 11.8. The maximum Gasteiger partial charge on any atom is 0.205 e. The van der Waals surface area contributed by atoms with E-state index in [0.717, 1.165) is 15.8 Å². The quantitative estimate of drug-likeness (QED) is 0.692. The fraction of sp³-hybridized carbons (Fsp3) is 0. The van der Waals surface area contributed by atoms with E-state index in [1.165, 1.54) is 11.3 Å². The first-order chi connectivity index (χ1) is 8.27. The molecule has 1 aromatic carbocycles. The number of carbonyl (C=O) groups is 1. The van der Waals surface area contributed by atoms with Crippen LogP contribution in [-0.4, -0.2) is 10.8 Å². The molecule has 0 saturated heterocycles. The highest BCUT2D eigenvalue weighted by atomic mass is 35.5. The number of ketones is 1. The minimum absolute atomic E-state index is 0.0357. The van der Waals surface area contributed by atoms with Gasteiger partial charge < -0.3 is 4.98 Å². The van der Waals surface area contributed by atoms with Crippen LogP contribution >= 0.6 is 22.9 Å². The van der Waals surface area contributed by atoms with Gasteiger partial charge in [0.2, 0.25) is 5.78 Å². The van der Waals surface area contributed by atoms with Crippen molar-refractivity contribution in [2.45, 2.75) is 0 Å². The van der Waals surface area contributed by atoms with Crippen molar-refractivity contribution in [1.29, 1.82) is 0 Å². The van der Waals surface area contributed by atoms with Crippen LogP contribution in [0, 0.1) is 0 Å². The summed E-state index contributed by atoms with van der Waals surface area (Å²) in [5.74, 6) is 0.0357. The van der Waals surface area contributed by atoms with Crippen LogP contribution in [0.3, 0.4) is 0 Å². The molecular weight excluding hydrogens is 254 g/mol. The van der Waals surface area contributed by atoms with Crippen LogP contribution in [0.15, 0.2) is 41.9 Å². The number of rotatable bonds is 2. The van der Waals surface area contributed by atoms with E-state index in [2.05, 4.69) is 4.98 Å². The van der Waals surface area contributed by atoms with E-state index >= 15 is 0 Å². The molecule has 17 heavy (non-hydrogen) atoms. The smallest absolute Gasteiger partial charge is 0.205 e. The number of carbonyl (C=O) groups excluding carboxylic acids is 1. The number of hydrogen-bond donors (Lipinski definition) is 1. The number of halogens is 1. The molecule has 3 aromatic rings. The molecule has 3 rings (SSSR count). The van der Waals surface area contributed by atoms with Gasteiger partial charge in [-0.25, -0.2) is 0 Å². The van der Waals surface area contributed by atoms with Crippen molar-refractivity contribution in [2.75, 3.05) is 0 Å². The van der Waals surface area contributed by atoms with Crippen molar-refractivity contribution in [3.8, 4) is 0 Å². The van der Waals surface area contributed by atoms with E-state index in [-0.39, 0.29) is 5.78 Å². The summed E-state index contributed by atoms with van der Waals surface area (Å²) in [5, 5.41) is 3.40. The van der Waals surface area contributed by atoms with E-state index < -0.39 is 0 Å². The van der Waals surface area contributed by atoms with E-state index in [4.69, 9.17) is 11.6 Å². The van der Waals surface area contributed by atoms with Gasteiger partial charge in [0, 0.05) is 17.1 Å². The van der Waals surface area contributed by atoms with Crippen molar-refractivity contribution in [2.24, 2.45) is 0 Å². The monoisotopic (exact) mass is 261 g/mol. The van der Waals surface area contributed by atoms with Gasteiger partial charge in [0.1, 0.15) is 0 Å². The van der Waals surface area contributed by atoms with E-state index in [9.17, 15) is 4.79 Å². The van der Waals surface area contributed by atoms with Gasteiger partial charge in [-0.2, -0.15) is 0 Å². The first kappa shape index (κ1) is 10.6. The van der Waals surface area contributed by atoms with Gasteiger partial charge >= 0.3 is 0 Å². The van der Waals surface area contributed by atoms with Gasteiger partial charge in [-0.15, -0.1) is 11.3 Å². The Balaban J connectivity index is 2.19. The van der Waals surface area contributed by atoms with Gasteiger partial charge in [0.25, 0.3) is 0 Å². The Morgan fingerprint density at radius 1 is 1.24 bits per heavy atom. The SMILES string of the molecule is O=C(c1cccs1)c1c[nH]c2c(Cl)cccc12. The Bertz CT molecular complexity index is 685. The molecule has 0 aliphatic carbocycles.